The van der Waals surface area contributed by atoms with Crippen LogP contribution in [-0.2, 0) is 5.41 Å². The zero-order chi connectivity index (χ0) is 38.4. The van der Waals surface area contributed by atoms with Crippen molar-refractivity contribution in [1.82, 2.24) is 0 Å². The summed E-state index contributed by atoms with van der Waals surface area (Å²) in [4.78, 5) is 0. The zero-order valence-corrected chi connectivity index (χ0v) is 32.1. The molecule has 14 rings (SSSR count). The largest absolute Gasteiger partial charge is 0.0737 e. The summed E-state index contributed by atoms with van der Waals surface area (Å²) in [5.41, 5.74) is 15.4. The van der Waals surface area contributed by atoms with Crippen molar-refractivity contribution < 1.29 is 0 Å². The number of fused-ring (bicyclic) bond motifs is 17. The third-order valence-electron chi connectivity index (χ3n) is 14.0. The Kier molecular flexibility index (Phi) is 6.05. The van der Waals surface area contributed by atoms with Gasteiger partial charge in [-0.15, -0.1) is 0 Å². The fourth-order valence-electron chi connectivity index (χ4n) is 11.7. The van der Waals surface area contributed by atoms with Crippen LogP contribution in [0, 0.1) is 0 Å². The van der Waals surface area contributed by atoms with E-state index in [1.165, 1.54) is 131 Å². The summed E-state index contributed by atoms with van der Waals surface area (Å²) in [7, 11) is 0. The summed E-state index contributed by atoms with van der Waals surface area (Å²) >= 11 is 0. The monoisotopic (exact) mass is 742 g/mol. The van der Waals surface area contributed by atoms with Crippen LogP contribution in [0.1, 0.15) is 22.3 Å². The first kappa shape index (κ1) is 31.5. The van der Waals surface area contributed by atoms with Gasteiger partial charge in [0.1, 0.15) is 0 Å². The van der Waals surface area contributed by atoms with Gasteiger partial charge < -0.3 is 0 Å². The number of hydrogen-bond acceptors (Lipinski definition) is 0. The van der Waals surface area contributed by atoms with Gasteiger partial charge in [0.05, 0.1) is 5.41 Å². The van der Waals surface area contributed by atoms with E-state index in [2.05, 4.69) is 206 Å². The third kappa shape index (κ3) is 3.94. The maximum Gasteiger partial charge on any atom is 0.0737 e. The van der Waals surface area contributed by atoms with Gasteiger partial charge >= 0.3 is 0 Å². The smallest absolute Gasteiger partial charge is 0.0619 e. The molecule has 0 atom stereocenters. The van der Waals surface area contributed by atoms with E-state index in [4.69, 9.17) is 0 Å². The van der Waals surface area contributed by atoms with Gasteiger partial charge in [-0.1, -0.05) is 200 Å². The third-order valence-corrected chi connectivity index (χ3v) is 14.0. The molecule has 59 heavy (non-hydrogen) atoms. The SMILES string of the molecule is c1ccc2c(c1)-c1ccccc1C21c2c(ccc3ccccc23)-c2c1c1ccc(-c3ccc(-c4ccc5ccc6cccc7ccc4c5c67)cc3)cc1c1ccccc21. The maximum atomic E-state index is 2.46. The summed E-state index contributed by atoms with van der Waals surface area (Å²) in [5, 5.41) is 15.7. The molecular formula is C59H34. The molecule has 0 saturated carbocycles. The predicted octanol–water partition coefficient (Wildman–Crippen LogP) is 15.7. The van der Waals surface area contributed by atoms with E-state index in [0.29, 0.717) is 0 Å². The molecule has 270 valence electrons. The fraction of sp³-hybridized carbons (Fsp3) is 0.0169. The van der Waals surface area contributed by atoms with E-state index in [1.807, 2.05) is 0 Å². The topological polar surface area (TPSA) is 0 Å². The standard InChI is InChI=1S/C59H34/c1-2-13-43-36(10-1)26-33-50-56-47-17-4-3-14-44(47)51-34-41(29-32-49(51)58(56)59(57(43)50)52-18-7-5-15-45(52)46-16-6-8-19-53(46)59)35-20-22-37(23-21-35)42-30-27-40-25-24-38-11-9-12-39-28-31-48(42)55(40)54(38)39/h1-34H. The average Bonchev–Trinajstić information content (AvgIpc) is 3.79. The fourth-order valence-corrected chi connectivity index (χ4v) is 11.7. The minimum absolute atomic E-state index is 0.467. The molecule has 2 aliphatic rings. The molecule has 0 aliphatic heterocycles. The normalized spacial score (nSPS) is 13.6. The van der Waals surface area contributed by atoms with Crippen LogP contribution in [0.25, 0.3) is 109 Å². The Bertz CT molecular complexity index is 3710. The Hall–Kier alpha value is -7.54. The molecule has 0 fully saturated rings. The molecule has 1 spiro atoms. The van der Waals surface area contributed by atoms with Crippen LogP contribution in [0.4, 0.5) is 0 Å². The molecule has 0 heteroatoms. The molecule has 0 N–H and O–H groups in total. The van der Waals surface area contributed by atoms with Gasteiger partial charge in [-0.25, -0.2) is 0 Å². The van der Waals surface area contributed by atoms with Crippen molar-refractivity contribution in [3.63, 3.8) is 0 Å². The minimum atomic E-state index is -0.467. The van der Waals surface area contributed by atoms with E-state index in [9.17, 15) is 0 Å². The van der Waals surface area contributed by atoms with Crippen LogP contribution >= 0.6 is 0 Å². The van der Waals surface area contributed by atoms with Crippen LogP contribution in [0.2, 0.25) is 0 Å². The zero-order valence-electron chi connectivity index (χ0n) is 32.1. The quantitative estimate of drug-likeness (QED) is 0.155. The predicted molar refractivity (Wildman–Crippen MR) is 250 cm³/mol. The lowest BCUT2D eigenvalue weighted by atomic mass is 9.68. The molecule has 0 aromatic heterocycles. The summed E-state index contributed by atoms with van der Waals surface area (Å²) in [5.74, 6) is 0. The van der Waals surface area contributed by atoms with Crippen molar-refractivity contribution in [2.75, 3.05) is 0 Å². The van der Waals surface area contributed by atoms with E-state index >= 15 is 0 Å². The molecule has 0 bridgehead atoms. The second-order valence-corrected chi connectivity index (χ2v) is 16.7. The molecule has 2 aliphatic carbocycles. The molecule has 0 saturated heterocycles. The molecule has 0 unspecified atom stereocenters. The lowest BCUT2D eigenvalue weighted by Gasteiger charge is -2.32. The Morgan fingerprint density at radius 1 is 0.254 bits per heavy atom. The molecule has 0 nitrogen and oxygen atoms in total. The van der Waals surface area contributed by atoms with Gasteiger partial charge in [-0.2, -0.15) is 0 Å². The van der Waals surface area contributed by atoms with Crippen molar-refractivity contribution >= 4 is 64.6 Å². The van der Waals surface area contributed by atoms with E-state index in [0.717, 1.165) is 0 Å². The lowest BCUT2D eigenvalue weighted by Crippen LogP contribution is -2.26. The molecule has 0 heterocycles. The van der Waals surface area contributed by atoms with Crippen molar-refractivity contribution in [1.29, 1.82) is 0 Å². The van der Waals surface area contributed by atoms with Crippen LogP contribution in [-0.4, -0.2) is 0 Å². The lowest BCUT2D eigenvalue weighted by molar-refractivity contribution is 0.809. The van der Waals surface area contributed by atoms with Crippen molar-refractivity contribution in [2.45, 2.75) is 5.41 Å². The molecule has 0 radical (unpaired) electrons. The van der Waals surface area contributed by atoms with Gasteiger partial charge in [0.25, 0.3) is 0 Å². The summed E-state index contributed by atoms with van der Waals surface area (Å²) < 4.78 is 0. The van der Waals surface area contributed by atoms with Gasteiger partial charge in [0, 0.05) is 0 Å². The van der Waals surface area contributed by atoms with E-state index in [-0.39, 0.29) is 0 Å². The van der Waals surface area contributed by atoms with Crippen LogP contribution < -0.4 is 0 Å². The van der Waals surface area contributed by atoms with Gasteiger partial charge in [0.2, 0.25) is 0 Å². The van der Waals surface area contributed by atoms with Gasteiger partial charge in [-0.3, -0.25) is 0 Å². The molecule has 12 aromatic carbocycles. The molecule has 12 aromatic rings. The summed E-state index contributed by atoms with van der Waals surface area (Å²) in [6.07, 6.45) is 0. The van der Waals surface area contributed by atoms with Crippen LogP contribution in [0.15, 0.2) is 206 Å². The van der Waals surface area contributed by atoms with Crippen LogP contribution in [0.3, 0.4) is 0 Å². The first-order valence-corrected chi connectivity index (χ1v) is 20.8. The highest BCUT2D eigenvalue weighted by Gasteiger charge is 2.53. The number of benzene rings is 12. The Morgan fingerprint density at radius 2 is 0.797 bits per heavy atom. The Morgan fingerprint density at radius 3 is 1.58 bits per heavy atom. The van der Waals surface area contributed by atoms with Gasteiger partial charge in [-0.05, 0) is 137 Å². The van der Waals surface area contributed by atoms with Crippen molar-refractivity contribution in [2.24, 2.45) is 0 Å². The second-order valence-electron chi connectivity index (χ2n) is 16.7. The highest BCUT2D eigenvalue weighted by atomic mass is 14.5. The Labute approximate surface area is 341 Å². The number of hydrogen-bond donors (Lipinski definition) is 0. The first-order chi connectivity index (χ1) is 29.3. The highest BCUT2D eigenvalue weighted by molar-refractivity contribution is 6.26. The molecular weight excluding hydrogens is 709 g/mol. The highest BCUT2D eigenvalue weighted by Crippen LogP contribution is 2.66. The Balaban J connectivity index is 1.01. The molecule has 0 amide bonds. The van der Waals surface area contributed by atoms with Gasteiger partial charge in [0.15, 0.2) is 0 Å². The average molecular weight is 743 g/mol. The second kappa shape index (κ2) is 11.3. The number of rotatable bonds is 2. The first-order valence-electron chi connectivity index (χ1n) is 20.8. The van der Waals surface area contributed by atoms with E-state index < -0.39 is 5.41 Å². The van der Waals surface area contributed by atoms with E-state index in [1.54, 1.807) is 0 Å². The van der Waals surface area contributed by atoms with Crippen molar-refractivity contribution in [3.8, 4) is 44.5 Å². The minimum Gasteiger partial charge on any atom is -0.0619 e. The summed E-state index contributed by atoms with van der Waals surface area (Å²) in [6, 6.07) is 78.1. The summed E-state index contributed by atoms with van der Waals surface area (Å²) in [6.45, 7) is 0. The maximum absolute atomic E-state index is 2.46. The van der Waals surface area contributed by atoms with Crippen LogP contribution in [0.5, 0.6) is 0 Å². The van der Waals surface area contributed by atoms with Crippen molar-refractivity contribution in [3.05, 3.63) is 229 Å².